The molecule has 0 unspecified atom stereocenters. The van der Waals surface area contributed by atoms with Gasteiger partial charge >= 0.3 is 0 Å². The van der Waals surface area contributed by atoms with Gasteiger partial charge < -0.3 is 9.47 Å². The van der Waals surface area contributed by atoms with Gasteiger partial charge in [-0.2, -0.15) is 0 Å². The summed E-state index contributed by atoms with van der Waals surface area (Å²) in [4.78, 5) is 0. The molecule has 6 heteroatoms. The predicted octanol–water partition coefficient (Wildman–Crippen LogP) is 6.08. The third-order valence-corrected chi connectivity index (χ3v) is 4.60. The summed E-state index contributed by atoms with van der Waals surface area (Å²) in [5.74, 6) is -0.609. The smallest absolute Gasteiger partial charge is 0.276 e. The van der Waals surface area contributed by atoms with E-state index < -0.39 is 11.6 Å². The van der Waals surface area contributed by atoms with Crippen molar-refractivity contribution < 1.29 is 18.3 Å². The number of benzene rings is 3. The van der Waals surface area contributed by atoms with E-state index in [0.717, 1.165) is 17.2 Å². The van der Waals surface area contributed by atoms with Gasteiger partial charge in [-0.25, -0.2) is 8.78 Å². The third-order valence-electron chi connectivity index (χ3n) is 4.60. The van der Waals surface area contributed by atoms with Crippen molar-refractivity contribution in [1.82, 2.24) is 10.2 Å². The molecule has 0 saturated heterocycles. The zero-order chi connectivity index (χ0) is 22.2. The normalized spacial score (nSPS) is 10.9. The number of halogens is 2. The molecular formula is C26H20F2N2O2. The van der Waals surface area contributed by atoms with E-state index in [1.54, 1.807) is 12.1 Å². The van der Waals surface area contributed by atoms with Crippen molar-refractivity contribution in [3.8, 4) is 11.6 Å². The first-order valence-corrected chi connectivity index (χ1v) is 10.0. The zero-order valence-electron chi connectivity index (χ0n) is 17.1. The highest BCUT2D eigenvalue weighted by molar-refractivity contribution is 5.68. The molecule has 0 bridgehead atoms. The van der Waals surface area contributed by atoms with Crippen LogP contribution in [0.2, 0.25) is 0 Å². The standard InChI is InChI=1S/C26H20F2N2O2/c27-22-13-11-21(24(28)15-22)12-14-23-16-25(31-17-19-7-3-1-4-8-19)26(30-29-23)32-18-20-9-5-2-6-10-20/h1-16H,17-18H2/b14-12+. The van der Waals surface area contributed by atoms with E-state index in [2.05, 4.69) is 10.2 Å². The molecule has 0 N–H and O–H groups in total. The first kappa shape index (κ1) is 21.2. The van der Waals surface area contributed by atoms with Crippen LogP contribution in [0.25, 0.3) is 12.2 Å². The summed E-state index contributed by atoms with van der Waals surface area (Å²) in [6, 6.07) is 24.5. The molecule has 160 valence electrons. The number of aromatic nitrogens is 2. The van der Waals surface area contributed by atoms with Gasteiger partial charge in [0.1, 0.15) is 24.8 Å². The number of hydrogen-bond acceptors (Lipinski definition) is 4. The largest absolute Gasteiger partial charge is 0.483 e. The van der Waals surface area contributed by atoms with Crippen LogP contribution in [-0.4, -0.2) is 10.2 Å². The molecule has 0 radical (unpaired) electrons. The minimum atomic E-state index is -0.655. The average Bonchev–Trinajstić information content (AvgIpc) is 2.83. The molecule has 1 heterocycles. The minimum absolute atomic E-state index is 0.240. The fraction of sp³-hybridized carbons (Fsp3) is 0.0769. The summed E-state index contributed by atoms with van der Waals surface area (Å²) in [7, 11) is 0. The lowest BCUT2D eigenvalue weighted by molar-refractivity contribution is 0.244. The average molecular weight is 430 g/mol. The molecule has 32 heavy (non-hydrogen) atoms. The third kappa shape index (κ3) is 5.76. The van der Waals surface area contributed by atoms with Gasteiger partial charge in [-0.1, -0.05) is 60.7 Å². The quantitative estimate of drug-likeness (QED) is 0.340. The van der Waals surface area contributed by atoms with Crippen LogP contribution >= 0.6 is 0 Å². The van der Waals surface area contributed by atoms with Gasteiger partial charge in [0.05, 0.1) is 5.69 Å². The van der Waals surface area contributed by atoms with Crippen LogP contribution in [0.5, 0.6) is 11.6 Å². The van der Waals surface area contributed by atoms with Gasteiger partial charge in [0.15, 0.2) is 5.75 Å². The van der Waals surface area contributed by atoms with Gasteiger partial charge in [-0.05, 0) is 35.4 Å². The van der Waals surface area contributed by atoms with Crippen molar-refractivity contribution in [3.63, 3.8) is 0 Å². The molecule has 0 saturated carbocycles. The summed E-state index contributed by atoms with van der Waals surface area (Å²) >= 11 is 0. The van der Waals surface area contributed by atoms with Gasteiger partial charge in [0.25, 0.3) is 5.88 Å². The van der Waals surface area contributed by atoms with Crippen molar-refractivity contribution in [1.29, 1.82) is 0 Å². The lowest BCUT2D eigenvalue weighted by Crippen LogP contribution is -2.04. The topological polar surface area (TPSA) is 44.2 Å². The Morgan fingerprint density at radius 3 is 2.00 bits per heavy atom. The number of nitrogens with zero attached hydrogens (tertiary/aromatic N) is 2. The maximum Gasteiger partial charge on any atom is 0.276 e. The molecule has 0 atom stereocenters. The van der Waals surface area contributed by atoms with Crippen molar-refractivity contribution in [2.24, 2.45) is 0 Å². The Bertz CT molecular complexity index is 1200. The molecule has 0 fully saturated rings. The highest BCUT2D eigenvalue weighted by atomic mass is 19.1. The highest BCUT2D eigenvalue weighted by Gasteiger charge is 2.11. The van der Waals surface area contributed by atoms with E-state index in [0.29, 0.717) is 24.7 Å². The van der Waals surface area contributed by atoms with Crippen LogP contribution in [0.15, 0.2) is 84.9 Å². The second kappa shape index (κ2) is 10.3. The van der Waals surface area contributed by atoms with Gasteiger partial charge in [-0.3, -0.25) is 0 Å². The van der Waals surface area contributed by atoms with Gasteiger partial charge in [0.2, 0.25) is 0 Å². The summed E-state index contributed by atoms with van der Waals surface area (Å²) < 4.78 is 38.8. The number of rotatable bonds is 8. The molecule has 1 aromatic heterocycles. The molecule has 0 spiro atoms. The molecule has 4 aromatic rings. The lowest BCUT2D eigenvalue weighted by atomic mass is 10.2. The Balaban J connectivity index is 1.55. The van der Waals surface area contributed by atoms with E-state index in [1.807, 2.05) is 60.7 Å². The molecule has 3 aromatic carbocycles. The Morgan fingerprint density at radius 1 is 0.688 bits per heavy atom. The highest BCUT2D eigenvalue weighted by Crippen LogP contribution is 2.27. The van der Waals surface area contributed by atoms with E-state index in [9.17, 15) is 8.78 Å². The maximum absolute atomic E-state index is 13.9. The van der Waals surface area contributed by atoms with Crippen molar-refractivity contribution in [2.45, 2.75) is 13.2 Å². The van der Waals surface area contributed by atoms with Crippen molar-refractivity contribution in [3.05, 3.63) is 119 Å². The van der Waals surface area contributed by atoms with Gasteiger partial charge in [0, 0.05) is 17.7 Å². The van der Waals surface area contributed by atoms with Crippen LogP contribution in [0.4, 0.5) is 8.78 Å². The first-order chi connectivity index (χ1) is 15.7. The molecule has 0 amide bonds. The minimum Gasteiger partial charge on any atom is -0.483 e. The van der Waals surface area contributed by atoms with E-state index in [1.165, 1.54) is 18.2 Å². The lowest BCUT2D eigenvalue weighted by Gasteiger charge is -2.12. The second-order valence-electron chi connectivity index (χ2n) is 6.99. The Hall–Kier alpha value is -4.06. The fourth-order valence-corrected chi connectivity index (χ4v) is 2.94. The fourth-order valence-electron chi connectivity index (χ4n) is 2.94. The van der Waals surface area contributed by atoms with E-state index >= 15 is 0 Å². The molecular weight excluding hydrogens is 410 g/mol. The molecule has 0 aliphatic carbocycles. The van der Waals surface area contributed by atoms with Crippen LogP contribution in [0.1, 0.15) is 22.4 Å². The maximum atomic E-state index is 13.9. The Labute approximate surface area is 184 Å². The summed E-state index contributed by atoms with van der Waals surface area (Å²) in [5.41, 5.74) is 2.66. The summed E-state index contributed by atoms with van der Waals surface area (Å²) in [5, 5.41) is 8.28. The van der Waals surface area contributed by atoms with Gasteiger partial charge in [-0.15, -0.1) is 10.2 Å². The molecule has 0 aliphatic heterocycles. The summed E-state index contributed by atoms with van der Waals surface area (Å²) in [6.07, 6.45) is 3.09. The van der Waals surface area contributed by atoms with Crippen molar-refractivity contribution in [2.75, 3.05) is 0 Å². The molecule has 4 nitrogen and oxygen atoms in total. The second-order valence-corrected chi connectivity index (χ2v) is 6.99. The van der Waals surface area contributed by atoms with Crippen LogP contribution < -0.4 is 9.47 Å². The van der Waals surface area contributed by atoms with Crippen LogP contribution in [-0.2, 0) is 13.2 Å². The zero-order valence-corrected chi connectivity index (χ0v) is 17.1. The summed E-state index contributed by atoms with van der Waals surface area (Å²) in [6.45, 7) is 0.636. The predicted molar refractivity (Wildman–Crippen MR) is 119 cm³/mol. The Morgan fingerprint density at radius 2 is 1.34 bits per heavy atom. The van der Waals surface area contributed by atoms with E-state index in [4.69, 9.17) is 9.47 Å². The number of hydrogen-bond donors (Lipinski definition) is 0. The molecule has 0 aliphatic rings. The first-order valence-electron chi connectivity index (χ1n) is 10.0. The number of ether oxygens (including phenoxy) is 2. The Kier molecular flexibility index (Phi) is 6.82. The monoisotopic (exact) mass is 430 g/mol. The van der Waals surface area contributed by atoms with Crippen molar-refractivity contribution >= 4 is 12.2 Å². The SMILES string of the molecule is Fc1ccc(/C=C/c2cc(OCc3ccccc3)c(OCc3ccccc3)nn2)c(F)c1. The van der Waals surface area contributed by atoms with E-state index in [-0.39, 0.29) is 11.4 Å². The van der Waals surface area contributed by atoms with Crippen LogP contribution in [0.3, 0.4) is 0 Å². The molecule has 4 rings (SSSR count). The van der Waals surface area contributed by atoms with Crippen LogP contribution in [0, 0.1) is 11.6 Å².